The quantitative estimate of drug-likeness (QED) is 0.243. The van der Waals surface area contributed by atoms with Crippen molar-refractivity contribution < 1.29 is 8.42 Å². The van der Waals surface area contributed by atoms with Gasteiger partial charge in [0.15, 0.2) is 15.8 Å². The average Bonchev–Trinajstić information content (AvgIpc) is 2.76. The van der Waals surface area contributed by atoms with Crippen molar-refractivity contribution in [2.75, 3.05) is 32.4 Å². The van der Waals surface area contributed by atoms with Gasteiger partial charge in [-0.1, -0.05) is 50.2 Å². The van der Waals surface area contributed by atoms with Gasteiger partial charge in [-0.3, -0.25) is 4.90 Å². The summed E-state index contributed by atoms with van der Waals surface area (Å²) in [5, 5.41) is 6.65. The molecule has 0 atom stereocenters. The first-order valence-corrected chi connectivity index (χ1v) is 12.9. The van der Waals surface area contributed by atoms with E-state index in [1.165, 1.54) is 17.4 Å². The van der Waals surface area contributed by atoms with Gasteiger partial charge in [0.25, 0.3) is 0 Å². The van der Waals surface area contributed by atoms with Gasteiger partial charge in [0, 0.05) is 25.9 Å². The van der Waals surface area contributed by atoms with Crippen molar-refractivity contribution in [2.24, 2.45) is 4.99 Å². The van der Waals surface area contributed by atoms with E-state index in [2.05, 4.69) is 53.6 Å². The maximum atomic E-state index is 11.6. The maximum absolute atomic E-state index is 11.6. The molecule has 0 aliphatic heterocycles. The standard InChI is InChI=1S/C24H36N4O2S.HI/c1-5-25-24(26-16-15-20-11-13-23(14-12-20)31(4,29)30)27-18-21-9-8-10-22(17-21)19-28(6-2)7-3;/h8-14,17H,5-7,15-16,18-19H2,1-4H3,(H2,25,26,27);1H. The molecule has 0 heterocycles. The van der Waals surface area contributed by atoms with Crippen LogP contribution < -0.4 is 10.6 Å². The zero-order valence-corrected chi connectivity index (χ0v) is 22.7. The molecule has 2 rings (SSSR count). The van der Waals surface area contributed by atoms with E-state index < -0.39 is 9.84 Å². The Bertz CT molecular complexity index is 943. The summed E-state index contributed by atoms with van der Waals surface area (Å²) in [6.45, 7) is 11.6. The van der Waals surface area contributed by atoms with Crippen LogP contribution in [0.25, 0.3) is 0 Å². The van der Waals surface area contributed by atoms with Gasteiger partial charge in [0.2, 0.25) is 0 Å². The van der Waals surface area contributed by atoms with E-state index >= 15 is 0 Å². The number of hydrogen-bond acceptors (Lipinski definition) is 4. The molecule has 178 valence electrons. The lowest BCUT2D eigenvalue weighted by molar-refractivity contribution is 0.296. The van der Waals surface area contributed by atoms with Crippen LogP contribution in [-0.2, 0) is 29.3 Å². The van der Waals surface area contributed by atoms with E-state index in [4.69, 9.17) is 4.99 Å². The second kappa shape index (κ2) is 14.5. The Hall–Kier alpha value is -1.65. The minimum absolute atomic E-state index is 0. The van der Waals surface area contributed by atoms with Crippen LogP contribution in [0.1, 0.15) is 37.5 Å². The van der Waals surface area contributed by atoms with Crippen LogP contribution in [0.15, 0.2) is 58.4 Å². The second-order valence-corrected chi connectivity index (χ2v) is 9.59. The molecular weight excluding hydrogens is 535 g/mol. The lowest BCUT2D eigenvalue weighted by Gasteiger charge is -2.18. The number of guanidine groups is 1. The fourth-order valence-electron chi connectivity index (χ4n) is 3.27. The van der Waals surface area contributed by atoms with Crippen LogP contribution in [0.4, 0.5) is 0 Å². The van der Waals surface area contributed by atoms with Crippen molar-refractivity contribution in [1.82, 2.24) is 15.5 Å². The van der Waals surface area contributed by atoms with Crippen molar-refractivity contribution in [1.29, 1.82) is 0 Å². The van der Waals surface area contributed by atoms with Gasteiger partial charge in [-0.25, -0.2) is 13.4 Å². The molecule has 0 fully saturated rings. The number of hydrogen-bond donors (Lipinski definition) is 2. The lowest BCUT2D eigenvalue weighted by Crippen LogP contribution is -2.38. The molecule has 2 N–H and O–H groups in total. The first kappa shape index (κ1) is 28.4. The van der Waals surface area contributed by atoms with Gasteiger partial charge in [-0.2, -0.15) is 0 Å². The Morgan fingerprint density at radius 1 is 0.938 bits per heavy atom. The first-order chi connectivity index (χ1) is 14.9. The van der Waals surface area contributed by atoms with Crippen LogP contribution in [0.2, 0.25) is 0 Å². The normalized spacial score (nSPS) is 11.8. The molecule has 0 bridgehead atoms. The Balaban J connectivity index is 0.00000512. The fraction of sp³-hybridized carbons (Fsp3) is 0.458. The summed E-state index contributed by atoms with van der Waals surface area (Å²) in [4.78, 5) is 7.47. The van der Waals surface area contributed by atoms with E-state index in [9.17, 15) is 8.42 Å². The molecule has 2 aromatic carbocycles. The zero-order chi connectivity index (χ0) is 22.7. The topological polar surface area (TPSA) is 73.8 Å². The van der Waals surface area contributed by atoms with Gasteiger partial charge >= 0.3 is 0 Å². The number of nitrogens with zero attached hydrogens (tertiary/aromatic N) is 2. The number of benzene rings is 2. The van der Waals surface area contributed by atoms with E-state index in [1.807, 2.05) is 19.1 Å². The molecule has 8 heteroatoms. The summed E-state index contributed by atoms with van der Waals surface area (Å²) in [6.07, 6.45) is 2.01. The van der Waals surface area contributed by atoms with Crippen molar-refractivity contribution in [3.05, 3.63) is 65.2 Å². The van der Waals surface area contributed by atoms with Crippen LogP contribution in [-0.4, -0.2) is 51.7 Å². The van der Waals surface area contributed by atoms with Crippen molar-refractivity contribution in [2.45, 2.75) is 45.2 Å². The number of aliphatic imine (C=N–C) groups is 1. The molecule has 0 unspecified atom stereocenters. The van der Waals surface area contributed by atoms with E-state index in [-0.39, 0.29) is 24.0 Å². The molecule has 0 aliphatic carbocycles. The van der Waals surface area contributed by atoms with Crippen molar-refractivity contribution in [3.8, 4) is 0 Å². The highest BCUT2D eigenvalue weighted by Gasteiger charge is 2.06. The van der Waals surface area contributed by atoms with Crippen LogP contribution >= 0.6 is 24.0 Å². The minimum Gasteiger partial charge on any atom is -0.357 e. The summed E-state index contributed by atoms with van der Waals surface area (Å²) in [5.41, 5.74) is 3.59. The van der Waals surface area contributed by atoms with Crippen LogP contribution in [0, 0.1) is 0 Å². The lowest BCUT2D eigenvalue weighted by atomic mass is 10.1. The molecule has 0 saturated carbocycles. The molecule has 0 saturated heterocycles. The monoisotopic (exact) mass is 572 g/mol. The summed E-state index contributed by atoms with van der Waals surface area (Å²) >= 11 is 0. The highest BCUT2D eigenvalue weighted by atomic mass is 127. The summed E-state index contributed by atoms with van der Waals surface area (Å²) in [6, 6.07) is 15.7. The van der Waals surface area contributed by atoms with Crippen molar-refractivity contribution in [3.63, 3.8) is 0 Å². The van der Waals surface area contributed by atoms with Crippen molar-refractivity contribution >= 4 is 39.8 Å². The maximum Gasteiger partial charge on any atom is 0.191 e. The third kappa shape index (κ3) is 9.87. The molecular formula is C24H37IN4O2S. The van der Waals surface area contributed by atoms with E-state index in [0.29, 0.717) is 18.0 Å². The molecule has 0 amide bonds. The molecule has 0 aliphatic rings. The first-order valence-electron chi connectivity index (χ1n) is 11.0. The number of rotatable bonds is 11. The Kier molecular flexibility index (Phi) is 12.9. The number of nitrogens with one attached hydrogen (secondary N) is 2. The molecule has 0 spiro atoms. The molecule has 32 heavy (non-hydrogen) atoms. The summed E-state index contributed by atoms with van der Waals surface area (Å²) in [5.74, 6) is 0.782. The smallest absolute Gasteiger partial charge is 0.191 e. The predicted octanol–water partition coefficient (Wildman–Crippen LogP) is 3.85. The Morgan fingerprint density at radius 3 is 2.19 bits per heavy atom. The Labute approximate surface area is 210 Å². The van der Waals surface area contributed by atoms with Crippen LogP contribution in [0.3, 0.4) is 0 Å². The zero-order valence-electron chi connectivity index (χ0n) is 19.6. The summed E-state index contributed by atoms with van der Waals surface area (Å²) in [7, 11) is -3.16. The molecule has 0 radical (unpaired) electrons. The molecule has 0 aromatic heterocycles. The van der Waals surface area contributed by atoms with Gasteiger partial charge in [0.1, 0.15) is 0 Å². The average molecular weight is 573 g/mol. The third-order valence-electron chi connectivity index (χ3n) is 5.11. The molecule has 6 nitrogen and oxygen atoms in total. The van der Waals surface area contributed by atoms with E-state index in [1.54, 1.807) is 12.1 Å². The van der Waals surface area contributed by atoms with Crippen LogP contribution in [0.5, 0.6) is 0 Å². The fourth-order valence-corrected chi connectivity index (χ4v) is 3.90. The highest BCUT2D eigenvalue weighted by Crippen LogP contribution is 2.11. The molecule has 2 aromatic rings. The minimum atomic E-state index is -3.16. The van der Waals surface area contributed by atoms with Gasteiger partial charge in [-0.05, 0) is 55.3 Å². The predicted molar refractivity (Wildman–Crippen MR) is 145 cm³/mol. The summed E-state index contributed by atoms with van der Waals surface area (Å²) < 4.78 is 23.1. The SMILES string of the molecule is CCNC(=NCc1cccc(CN(CC)CC)c1)NCCc1ccc(S(C)(=O)=O)cc1.I. The third-order valence-corrected chi connectivity index (χ3v) is 6.24. The number of halogens is 1. The Morgan fingerprint density at radius 2 is 1.59 bits per heavy atom. The van der Waals surface area contributed by atoms with Gasteiger partial charge in [0.05, 0.1) is 11.4 Å². The van der Waals surface area contributed by atoms with Gasteiger partial charge < -0.3 is 10.6 Å². The second-order valence-electron chi connectivity index (χ2n) is 7.57. The van der Waals surface area contributed by atoms with E-state index in [0.717, 1.165) is 44.1 Å². The highest BCUT2D eigenvalue weighted by molar-refractivity contribution is 14.0. The van der Waals surface area contributed by atoms with Gasteiger partial charge in [-0.15, -0.1) is 24.0 Å². The number of sulfone groups is 1. The largest absolute Gasteiger partial charge is 0.357 e.